The number of sulfonamides is 1. The molecule has 0 radical (unpaired) electrons. The molecule has 0 amide bonds. The van der Waals surface area contributed by atoms with Crippen molar-refractivity contribution in [3.8, 4) is 0 Å². The summed E-state index contributed by atoms with van der Waals surface area (Å²) < 4.78 is 29.9. The summed E-state index contributed by atoms with van der Waals surface area (Å²) in [5.74, 6) is 0.797. The average Bonchev–Trinajstić information content (AvgIpc) is 3.05. The van der Waals surface area contributed by atoms with Gasteiger partial charge in [-0.1, -0.05) is 0 Å². The zero-order valence-corrected chi connectivity index (χ0v) is 19.0. The maximum absolute atomic E-state index is 12.0. The van der Waals surface area contributed by atoms with E-state index in [9.17, 15) is 13.2 Å². The number of halogens is 1. The van der Waals surface area contributed by atoms with Crippen LogP contribution in [-0.2, 0) is 19.6 Å². The number of carbonyl (C=O) groups excluding carboxylic acids is 1. The van der Waals surface area contributed by atoms with Gasteiger partial charge < -0.3 is 15.0 Å². The molecule has 2 aliphatic rings. The van der Waals surface area contributed by atoms with E-state index < -0.39 is 10.0 Å². The first-order valence-electron chi connectivity index (χ1n) is 8.92. The van der Waals surface area contributed by atoms with Gasteiger partial charge in [0, 0.05) is 39.8 Å². The number of piperidine rings is 1. The summed E-state index contributed by atoms with van der Waals surface area (Å²) in [6.07, 6.45) is 3.88. The fraction of sp³-hybridized carbons (Fsp3) is 0.875. The lowest BCUT2D eigenvalue weighted by Crippen LogP contribution is -2.49. The van der Waals surface area contributed by atoms with Gasteiger partial charge >= 0.3 is 5.97 Å². The Hall–Kier alpha value is -0.620. The molecule has 2 saturated heterocycles. The molecule has 0 saturated carbocycles. The monoisotopic (exact) mass is 502 g/mol. The van der Waals surface area contributed by atoms with Crippen LogP contribution in [0.5, 0.6) is 0 Å². The van der Waals surface area contributed by atoms with E-state index in [1.165, 1.54) is 10.6 Å². The van der Waals surface area contributed by atoms with Crippen LogP contribution in [0, 0.1) is 11.8 Å². The number of hydrogen-bond acceptors (Lipinski definition) is 5. The predicted molar refractivity (Wildman–Crippen MR) is 112 cm³/mol. The zero-order valence-electron chi connectivity index (χ0n) is 15.8. The van der Waals surface area contributed by atoms with E-state index in [0.29, 0.717) is 32.8 Å². The normalized spacial score (nSPS) is 24.9. The average molecular weight is 502 g/mol. The van der Waals surface area contributed by atoms with Crippen LogP contribution in [0.4, 0.5) is 0 Å². The third-order valence-electron chi connectivity index (χ3n) is 4.82. The summed E-state index contributed by atoms with van der Waals surface area (Å²) in [5, 5.41) is 3.35. The molecular weight excluding hydrogens is 471 g/mol. The number of rotatable bonds is 5. The number of ether oxygens (including phenoxy) is 1. The summed E-state index contributed by atoms with van der Waals surface area (Å²) in [5.41, 5.74) is 0. The third-order valence-corrected chi connectivity index (χ3v) is 6.09. The van der Waals surface area contributed by atoms with Gasteiger partial charge in [0.1, 0.15) is 0 Å². The maximum Gasteiger partial charge on any atom is 0.310 e. The van der Waals surface area contributed by atoms with Gasteiger partial charge in [0.25, 0.3) is 0 Å². The highest BCUT2D eigenvalue weighted by molar-refractivity contribution is 14.0. The summed E-state index contributed by atoms with van der Waals surface area (Å²) in [6.45, 7) is 5.50. The summed E-state index contributed by atoms with van der Waals surface area (Å²) in [6, 6.07) is 0. The molecule has 0 aromatic carbocycles. The Morgan fingerprint density at radius 1 is 1.27 bits per heavy atom. The first-order valence-corrected chi connectivity index (χ1v) is 10.8. The second-order valence-electron chi connectivity index (χ2n) is 6.74. The lowest BCUT2D eigenvalue weighted by Gasteiger charge is -2.34. The van der Waals surface area contributed by atoms with Gasteiger partial charge in [0.15, 0.2) is 5.96 Å². The second kappa shape index (κ2) is 10.6. The highest BCUT2D eigenvalue weighted by atomic mass is 127. The molecule has 0 aliphatic carbocycles. The van der Waals surface area contributed by atoms with Crippen molar-refractivity contribution in [2.45, 2.75) is 26.2 Å². The van der Waals surface area contributed by atoms with Crippen molar-refractivity contribution in [1.82, 2.24) is 14.5 Å². The number of nitrogens with one attached hydrogen (secondary N) is 1. The van der Waals surface area contributed by atoms with Crippen LogP contribution in [0.2, 0.25) is 0 Å². The molecule has 10 heteroatoms. The van der Waals surface area contributed by atoms with E-state index in [-0.39, 0.29) is 41.8 Å². The van der Waals surface area contributed by atoms with E-state index in [2.05, 4.69) is 15.2 Å². The van der Waals surface area contributed by atoms with E-state index in [0.717, 1.165) is 31.8 Å². The van der Waals surface area contributed by atoms with Crippen LogP contribution in [0.1, 0.15) is 26.2 Å². The zero-order chi connectivity index (χ0) is 18.4. The number of likely N-dealkylation sites (tertiary alicyclic amines) is 1. The topological polar surface area (TPSA) is 91.3 Å². The van der Waals surface area contributed by atoms with Gasteiger partial charge in [-0.05, 0) is 32.1 Å². The lowest BCUT2D eigenvalue weighted by atomic mass is 9.98. The van der Waals surface area contributed by atoms with Crippen molar-refractivity contribution in [3.05, 3.63) is 0 Å². The smallest absolute Gasteiger partial charge is 0.310 e. The summed E-state index contributed by atoms with van der Waals surface area (Å²) in [7, 11) is -1.38. The summed E-state index contributed by atoms with van der Waals surface area (Å²) >= 11 is 0. The van der Waals surface area contributed by atoms with Gasteiger partial charge in [-0.25, -0.2) is 12.7 Å². The molecule has 1 unspecified atom stereocenters. The van der Waals surface area contributed by atoms with Crippen molar-refractivity contribution in [1.29, 1.82) is 0 Å². The van der Waals surface area contributed by atoms with Crippen LogP contribution in [0.15, 0.2) is 4.99 Å². The molecule has 0 bridgehead atoms. The molecule has 26 heavy (non-hydrogen) atoms. The minimum absolute atomic E-state index is 0. The molecule has 2 rings (SSSR count). The van der Waals surface area contributed by atoms with E-state index in [1.807, 2.05) is 6.92 Å². The molecule has 0 spiro atoms. The molecular formula is C16H31IN4O4S. The Balaban J connectivity index is 0.00000338. The minimum atomic E-state index is -3.11. The van der Waals surface area contributed by atoms with E-state index in [1.54, 1.807) is 7.05 Å². The first-order chi connectivity index (χ1) is 11.8. The third kappa shape index (κ3) is 6.52. The minimum Gasteiger partial charge on any atom is -0.466 e. The van der Waals surface area contributed by atoms with Crippen LogP contribution in [0.3, 0.4) is 0 Å². The molecule has 2 fully saturated rings. The molecule has 2 atom stereocenters. The maximum atomic E-state index is 12.0. The molecule has 1 N–H and O–H groups in total. The number of esters is 1. The quantitative estimate of drug-likeness (QED) is 0.258. The van der Waals surface area contributed by atoms with Crippen LogP contribution in [0.25, 0.3) is 0 Å². The van der Waals surface area contributed by atoms with Gasteiger partial charge in [-0.3, -0.25) is 9.79 Å². The van der Waals surface area contributed by atoms with Crippen LogP contribution < -0.4 is 5.32 Å². The largest absolute Gasteiger partial charge is 0.466 e. The highest BCUT2D eigenvalue weighted by Gasteiger charge is 2.31. The van der Waals surface area contributed by atoms with Crippen molar-refractivity contribution in [2.75, 3.05) is 52.6 Å². The van der Waals surface area contributed by atoms with Gasteiger partial charge in [0.05, 0.1) is 18.8 Å². The number of nitrogens with zero attached hydrogens (tertiary/aromatic N) is 3. The van der Waals surface area contributed by atoms with E-state index >= 15 is 0 Å². The van der Waals surface area contributed by atoms with Crippen molar-refractivity contribution < 1.29 is 17.9 Å². The number of carbonyl (C=O) groups is 1. The van der Waals surface area contributed by atoms with Gasteiger partial charge in [-0.15, -0.1) is 24.0 Å². The number of hydrogen-bond donors (Lipinski definition) is 1. The lowest BCUT2D eigenvalue weighted by molar-refractivity contribution is -0.149. The Bertz CT molecular complexity index is 599. The summed E-state index contributed by atoms with van der Waals surface area (Å²) in [4.78, 5) is 18.4. The molecule has 8 nitrogen and oxygen atoms in total. The van der Waals surface area contributed by atoms with Crippen LogP contribution in [-0.4, -0.2) is 82.2 Å². The Morgan fingerprint density at radius 2 is 2.00 bits per heavy atom. The Labute approximate surface area is 173 Å². The van der Waals surface area contributed by atoms with Gasteiger partial charge in [-0.2, -0.15) is 0 Å². The van der Waals surface area contributed by atoms with Crippen LogP contribution >= 0.6 is 24.0 Å². The molecule has 0 aromatic heterocycles. The number of guanidine groups is 1. The highest BCUT2D eigenvalue weighted by Crippen LogP contribution is 2.20. The molecule has 2 aliphatic heterocycles. The fourth-order valence-corrected chi connectivity index (χ4v) is 4.37. The molecule has 152 valence electrons. The molecule has 2 heterocycles. The van der Waals surface area contributed by atoms with E-state index in [4.69, 9.17) is 4.74 Å². The van der Waals surface area contributed by atoms with Gasteiger partial charge in [0.2, 0.25) is 10.0 Å². The second-order valence-corrected chi connectivity index (χ2v) is 8.72. The Kier molecular flexibility index (Phi) is 9.59. The SMILES string of the molecule is CCOC(=O)[C@H]1CCCN(C(=NC)NCC2CCN(S(C)(=O)=O)C2)C1.I. The first kappa shape index (κ1) is 23.4. The predicted octanol–water partition coefficient (Wildman–Crippen LogP) is 0.736. The van der Waals surface area contributed by atoms with Crippen molar-refractivity contribution in [2.24, 2.45) is 16.8 Å². The fourth-order valence-electron chi connectivity index (χ4n) is 3.45. The molecule has 0 aromatic rings. The van der Waals surface area contributed by atoms with Crippen molar-refractivity contribution in [3.63, 3.8) is 0 Å². The Morgan fingerprint density at radius 3 is 2.58 bits per heavy atom. The number of aliphatic imine (C=N–C) groups is 1. The van der Waals surface area contributed by atoms with Crippen molar-refractivity contribution >= 4 is 45.9 Å². The standard InChI is InChI=1S/C16H30N4O4S.HI/c1-4-24-15(21)14-6-5-8-19(12-14)16(17-2)18-10-13-7-9-20(11-13)25(3,22)23;/h13-14H,4-12H2,1-3H3,(H,17,18);1H/t13?,14-;/m0./s1.